The molecule has 3 saturated carbocycles. The van der Waals surface area contributed by atoms with Gasteiger partial charge in [0.1, 0.15) is 12.4 Å². The minimum atomic E-state index is -2.37. The SMILES string of the molecule is COC(=O)[C@]12C(=O)[C@](C)(O)C(=O)[C@]1(C)C(C)=C[C@H]1[C@@]3(C=O)CC[C@H](OC(C)=O)C(C)(C)[C@@H]3CC[C@@]12C. The fraction of sp³-hybridized carbons (Fsp3) is 0.750. The first-order valence-corrected chi connectivity index (χ1v) is 12.7. The highest BCUT2D eigenvalue weighted by molar-refractivity contribution is 6.30. The third-order valence-corrected chi connectivity index (χ3v) is 10.9. The fourth-order valence-electron chi connectivity index (χ4n) is 9.19. The Kier molecular flexibility index (Phi) is 5.63. The van der Waals surface area contributed by atoms with E-state index in [2.05, 4.69) is 0 Å². The maximum atomic E-state index is 14.1. The highest BCUT2D eigenvalue weighted by Crippen LogP contribution is 2.76. The Morgan fingerprint density at radius 3 is 2.19 bits per heavy atom. The number of rotatable bonds is 3. The largest absolute Gasteiger partial charge is 0.468 e. The topological polar surface area (TPSA) is 124 Å². The lowest BCUT2D eigenvalue weighted by Crippen LogP contribution is -2.70. The molecule has 4 aliphatic carbocycles. The molecule has 0 unspecified atom stereocenters. The van der Waals surface area contributed by atoms with E-state index in [9.17, 15) is 29.1 Å². The van der Waals surface area contributed by atoms with Crippen LogP contribution in [0.4, 0.5) is 0 Å². The molecule has 0 aromatic heterocycles. The van der Waals surface area contributed by atoms with Crippen molar-refractivity contribution in [2.45, 2.75) is 85.9 Å². The first-order valence-electron chi connectivity index (χ1n) is 12.7. The summed E-state index contributed by atoms with van der Waals surface area (Å²) in [6.45, 7) is 11.6. The average Bonchev–Trinajstić information content (AvgIpc) is 2.93. The van der Waals surface area contributed by atoms with Crippen LogP contribution in [-0.2, 0) is 33.4 Å². The smallest absolute Gasteiger partial charge is 0.321 e. The zero-order valence-electron chi connectivity index (χ0n) is 22.5. The third kappa shape index (κ3) is 2.61. The van der Waals surface area contributed by atoms with Gasteiger partial charge in [-0.1, -0.05) is 32.4 Å². The van der Waals surface area contributed by atoms with Gasteiger partial charge < -0.3 is 19.4 Å². The predicted octanol–water partition coefficient (Wildman–Crippen LogP) is 2.98. The van der Waals surface area contributed by atoms with Crippen LogP contribution in [0.3, 0.4) is 0 Å². The molecular weight excluding hydrogens is 464 g/mol. The van der Waals surface area contributed by atoms with Gasteiger partial charge in [-0.3, -0.25) is 19.2 Å². The molecule has 4 aliphatic rings. The standard InChI is InChI=1S/C28H38O8/c1-15-13-18-24(5,28(22(33)35-8)21(32)26(7,34)20(31)25(15,28)6)11-9-17-23(3,4)19(36-16(2)30)10-12-27(17,18)14-29/h13-14,17-19,34H,9-12H2,1-8H3/t17-,18+,19-,24-,25-,26+,27+,28-/m0/s1. The predicted molar refractivity (Wildman–Crippen MR) is 128 cm³/mol. The number of fused-ring (bicyclic) bond motifs is 5. The lowest BCUT2D eigenvalue weighted by atomic mass is 9.34. The van der Waals surface area contributed by atoms with Gasteiger partial charge >= 0.3 is 11.9 Å². The number of aldehydes is 1. The summed E-state index contributed by atoms with van der Waals surface area (Å²) in [5.74, 6) is -3.58. The Labute approximate surface area is 212 Å². The van der Waals surface area contributed by atoms with Crippen molar-refractivity contribution >= 4 is 29.8 Å². The van der Waals surface area contributed by atoms with Crippen molar-refractivity contribution in [3.05, 3.63) is 11.6 Å². The Balaban J connectivity index is 2.01. The number of methoxy groups -OCH3 is 1. The van der Waals surface area contributed by atoms with E-state index in [-0.39, 0.29) is 18.0 Å². The van der Waals surface area contributed by atoms with Crippen LogP contribution < -0.4 is 0 Å². The van der Waals surface area contributed by atoms with Gasteiger partial charge in [0.05, 0.1) is 12.5 Å². The first kappa shape index (κ1) is 26.7. The number of hydrogen-bond donors (Lipinski definition) is 1. The van der Waals surface area contributed by atoms with Crippen molar-refractivity contribution in [2.24, 2.45) is 38.9 Å². The van der Waals surface area contributed by atoms with Gasteiger partial charge in [0, 0.05) is 17.8 Å². The molecule has 0 aromatic rings. The molecule has 0 radical (unpaired) electrons. The summed E-state index contributed by atoms with van der Waals surface area (Å²) in [7, 11) is 1.18. The molecule has 1 N–H and O–H groups in total. The number of carbonyl (C=O) groups excluding carboxylic acids is 5. The maximum absolute atomic E-state index is 14.1. The summed E-state index contributed by atoms with van der Waals surface area (Å²) in [4.78, 5) is 66.6. The zero-order valence-corrected chi connectivity index (χ0v) is 22.5. The van der Waals surface area contributed by atoms with E-state index in [0.717, 1.165) is 13.2 Å². The van der Waals surface area contributed by atoms with Gasteiger partial charge in [-0.15, -0.1) is 0 Å². The number of ketones is 2. The molecule has 4 rings (SSSR count). The fourth-order valence-corrected chi connectivity index (χ4v) is 9.19. The van der Waals surface area contributed by atoms with E-state index >= 15 is 0 Å². The molecule has 198 valence electrons. The summed E-state index contributed by atoms with van der Waals surface area (Å²) in [5, 5.41) is 11.2. The van der Waals surface area contributed by atoms with Crippen LogP contribution in [0.15, 0.2) is 11.6 Å². The molecule has 0 spiro atoms. The second-order valence-corrected chi connectivity index (χ2v) is 12.6. The molecule has 0 amide bonds. The second-order valence-electron chi connectivity index (χ2n) is 12.6. The van der Waals surface area contributed by atoms with Crippen LogP contribution >= 0.6 is 0 Å². The molecule has 8 atom stereocenters. The minimum Gasteiger partial charge on any atom is -0.468 e. The molecule has 0 aromatic carbocycles. The average molecular weight is 503 g/mol. The van der Waals surface area contributed by atoms with E-state index < -0.39 is 56.1 Å². The highest BCUT2D eigenvalue weighted by Gasteiger charge is 2.85. The Bertz CT molecular complexity index is 1100. The highest BCUT2D eigenvalue weighted by atomic mass is 16.5. The Morgan fingerprint density at radius 2 is 1.67 bits per heavy atom. The van der Waals surface area contributed by atoms with E-state index in [0.29, 0.717) is 31.3 Å². The van der Waals surface area contributed by atoms with Crippen LogP contribution in [0.2, 0.25) is 0 Å². The summed E-state index contributed by atoms with van der Waals surface area (Å²) in [5.41, 5.74) is -8.18. The lowest BCUT2D eigenvalue weighted by Gasteiger charge is -2.67. The number of ether oxygens (including phenoxy) is 2. The number of aliphatic hydroxyl groups is 1. The molecule has 8 nitrogen and oxygen atoms in total. The van der Waals surface area contributed by atoms with Gasteiger partial charge in [0.2, 0.25) is 0 Å². The van der Waals surface area contributed by atoms with E-state index in [1.807, 2.05) is 19.9 Å². The summed E-state index contributed by atoms with van der Waals surface area (Å²) in [6, 6.07) is 0. The van der Waals surface area contributed by atoms with Crippen LogP contribution in [0, 0.1) is 38.9 Å². The Morgan fingerprint density at radius 1 is 1.06 bits per heavy atom. The molecule has 36 heavy (non-hydrogen) atoms. The molecule has 0 saturated heterocycles. The zero-order chi connectivity index (χ0) is 27.3. The van der Waals surface area contributed by atoms with Gasteiger partial charge in [-0.2, -0.15) is 0 Å². The van der Waals surface area contributed by atoms with Gasteiger partial charge in [-0.25, -0.2) is 0 Å². The van der Waals surface area contributed by atoms with Gasteiger partial charge in [0.25, 0.3) is 0 Å². The number of Topliss-reactive ketones (excluding diaryl/α,β-unsaturated/α-hetero) is 2. The third-order valence-electron chi connectivity index (χ3n) is 10.9. The van der Waals surface area contributed by atoms with Crippen molar-refractivity contribution in [1.82, 2.24) is 0 Å². The maximum Gasteiger partial charge on any atom is 0.321 e. The molecule has 3 fully saturated rings. The molecule has 0 bridgehead atoms. The van der Waals surface area contributed by atoms with Crippen molar-refractivity contribution < 1.29 is 38.6 Å². The summed E-state index contributed by atoms with van der Waals surface area (Å²) < 4.78 is 10.9. The second kappa shape index (κ2) is 7.59. The van der Waals surface area contributed by atoms with Crippen molar-refractivity contribution in [3.63, 3.8) is 0 Å². The van der Waals surface area contributed by atoms with Crippen LogP contribution in [0.5, 0.6) is 0 Å². The van der Waals surface area contributed by atoms with Crippen molar-refractivity contribution in [1.29, 1.82) is 0 Å². The van der Waals surface area contributed by atoms with E-state index in [4.69, 9.17) is 9.47 Å². The monoisotopic (exact) mass is 502 g/mol. The van der Waals surface area contributed by atoms with Crippen LogP contribution in [0.25, 0.3) is 0 Å². The lowest BCUT2D eigenvalue weighted by molar-refractivity contribution is -0.217. The van der Waals surface area contributed by atoms with Gasteiger partial charge in [-0.05, 0) is 63.7 Å². The van der Waals surface area contributed by atoms with Gasteiger partial charge in [0.15, 0.2) is 22.6 Å². The molecule has 0 aliphatic heterocycles. The number of carbonyl (C=O) groups is 5. The Hall–Kier alpha value is -2.35. The normalized spacial score (nSPS) is 47.1. The number of allylic oxidation sites excluding steroid dienone is 2. The van der Waals surface area contributed by atoms with E-state index in [1.165, 1.54) is 14.0 Å². The van der Waals surface area contributed by atoms with Crippen LogP contribution in [-0.4, -0.2) is 53.7 Å². The summed E-state index contributed by atoms with van der Waals surface area (Å²) >= 11 is 0. The van der Waals surface area contributed by atoms with Crippen molar-refractivity contribution in [2.75, 3.05) is 7.11 Å². The quantitative estimate of drug-likeness (QED) is 0.270. The number of hydrogen-bond acceptors (Lipinski definition) is 8. The summed E-state index contributed by atoms with van der Waals surface area (Å²) in [6.07, 6.45) is 4.16. The minimum absolute atomic E-state index is 0.200. The molecular formula is C28H38O8. The first-order chi connectivity index (χ1) is 16.5. The van der Waals surface area contributed by atoms with Crippen molar-refractivity contribution in [3.8, 4) is 0 Å². The molecule has 0 heterocycles. The van der Waals surface area contributed by atoms with E-state index in [1.54, 1.807) is 20.8 Å². The molecule has 8 heteroatoms. The van der Waals surface area contributed by atoms with Crippen LogP contribution in [0.1, 0.15) is 74.1 Å². The number of esters is 2.